The fourth-order valence-electron chi connectivity index (χ4n) is 2.46. The number of nitrogens with one attached hydrogen (secondary N) is 1. The Bertz CT molecular complexity index is 548. The van der Waals surface area contributed by atoms with Crippen LogP contribution in [-0.2, 0) is 6.42 Å². The quantitative estimate of drug-likeness (QED) is 0.703. The van der Waals surface area contributed by atoms with Crippen LogP contribution in [0, 0.1) is 5.92 Å². The molecule has 1 unspecified atom stereocenters. The summed E-state index contributed by atoms with van der Waals surface area (Å²) in [6.45, 7) is 8.42. The van der Waals surface area contributed by atoms with Gasteiger partial charge < -0.3 is 10.1 Å². The molecule has 0 bridgehead atoms. The molecule has 0 fully saturated rings. The summed E-state index contributed by atoms with van der Waals surface area (Å²) < 4.78 is 5.77. The third-order valence-electron chi connectivity index (χ3n) is 4.05. The van der Waals surface area contributed by atoms with Crippen LogP contribution in [0.15, 0.2) is 54.6 Å². The van der Waals surface area contributed by atoms with E-state index >= 15 is 0 Å². The maximum absolute atomic E-state index is 5.77. The molecular weight excluding hydrogens is 282 g/mol. The van der Waals surface area contributed by atoms with E-state index in [1.54, 1.807) is 0 Å². The Morgan fingerprint density at radius 1 is 0.913 bits per heavy atom. The molecule has 1 N–H and O–H groups in total. The predicted molar refractivity (Wildman–Crippen MR) is 98.0 cm³/mol. The fourth-order valence-corrected chi connectivity index (χ4v) is 2.46. The van der Waals surface area contributed by atoms with Gasteiger partial charge in [-0.25, -0.2) is 0 Å². The molecule has 0 radical (unpaired) electrons. The molecule has 23 heavy (non-hydrogen) atoms. The van der Waals surface area contributed by atoms with Crippen LogP contribution >= 0.6 is 0 Å². The van der Waals surface area contributed by atoms with E-state index in [1.165, 1.54) is 11.1 Å². The lowest BCUT2D eigenvalue weighted by atomic mass is 10.1. The Hall–Kier alpha value is -1.80. The Morgan fingerprint density at radius 2 is 1.61 bits per heavy atom. The molecule has 2 aromatic rings. The number of hydrogen-bond acceptors (Lipinski definition) is 2. The molecule has 2 aromatic carbocycles. The van der Waals surface area contributed by atoms with Crippen LogP contribution in [0.2, 0.25) is 0 Å². The Labute approximate surface area is 140 Å². The summed E-state index contributed by atoms with van der Waals surface area (Å²) >= 11 is 0. The SMILES string of the molecule is CC(C)CCOc1ccc(C(C)NCCc2ccccc2)cc1. The summed E-state index contributed by atoms with van der Waals surface area (Å²) in [6.07, 6.45) is 2.15. The van der Waals surface area contributed by atoms with Gasteiger partial charge >= 0.3 is 0 Å². The van der Waals surface area contributed by atoms with Gasteiger partial charge in [0.15, 0.2) is 0 Å². The van der Waals surface area contributed by atoms with E-state index in [9.17, 15) is 0 Å². The van der Waals surface area contributed by atoms with E-state index in [2.05, 4.69) is 80.7 Å². The van der Waals surface area contributed by atoms with Crippen LogP contribution in [-0.4, -0.2) is 13.2 Å². The summed E-state index contributed by atoms with van der Waals surface area (Å²) in [5, 5.41) is 3.58. The van der Waals surface area contributed by atoms with Crippen molar-refractivity contribution in [3.05, 3.63) is 65.7 Å². The van der Waals surface area contributed by atoms with Crippen molar-refractivity contribution in [3.8, 4) is 5.75 Å². The average Bonchev–Trinajstić information content (AvgIpc) is 2.56. The minimum Gasteiger partial charge on any atom is -0.494 e. The van der Waals surface area contributed by atoms with Crippen molar-refractivity contribution >= 4 is 0 Å². The van der Waals surface area contributed by atoms with E-state index in [0.717, 1.165) is 31.7 Å². The smallest absolute Gasteiger partial charge is 0.119 e. The highest BCUT2D eigenvalue weighted by molar-refractivity contribution is 5.29. The minimum absolute atomic E-state index is 0.350. The van der Waals surface area contributed by atoms with Gasteiger partial charge in [0, 0.05) is 6.04 Å². The first-order valence-electron chi connectivity index (χ1n) is 8.65. The van der Waals surface area contributed by atoms with E-state index in [4.69, 9.17) is 4.74 Å². The molecule has 1 atom stereocenters. The van der Waals surface area contributed by atoms with Crippen molar-refractivity contribution in [1.82, 2.24) is 5.32 Å². The van der Waals surface area contributed by atoms with Crippen LogP contribution in [0.25, 0.3) is 0 Å². The molecule has 2 nitrogen and oxygen atoms in total. The van der Waals surface area contributed by atoms with Gasteiger partial charge in [0.2, 0.25) is 0 Å². The number of ether oxygens (including phenoxy) is 1. The molecule has 2 heteroatoms. The van der Waals surface area contributed by atoms with Crippen molar-refractivity contribution in [3.63, 3.8) is 0 Å². The first-order chi connectivity index (χ1) is 11.1. The zero-order valence-corrected chi connectivity index (χ0v) is 14.6. The highest BCUT2D eigenvalue weighted by Crippen LogP contribution is 2.18. The van der Waals surface area contributed by atoms with Gasteiger partial charge in [0.1, 0.15) is 5.75 Å². The standard InChI is InChI=1S/C21H29NO/c1-17(2)14-16-23-21-11-9-20(10-12-21)18(3)22-15-13-19-7-5-4-6-8-19/h4-12,17-18,22H,13-16H2,1-3H3. The molecule has 0 amide bonds. The second-order valence-electron chi connectivity index (χ2n) is 6.51. The van der Waals surface area contributed by atoms with E-state index in [-0.39, 0.29) is 0 Å². The Morgan fingerprint density at radius 3 is 2.26 bits per heavy atom. The summed E-state index contributed by atoms with van der Waals surface area (Å²) in [5.41, 5.74) is 2.68. The largest absolute Gasteiger partial charge is 0.494 e. The van der Waals surface area contributed by atoms with Crippen molar-refractivity contribution in [2.45, 2.75) is 39.7 Å². The van der Waals surface area contributed by atoms with Crippen molar-refractivity contribution in [2.75, 3.05) is 13.2 Å². The summed E-state index contributed by atoms with van der Waals surface area (Å²) in [4.78, 5) is 0. The molecule has 0 aliphatic carbocycles. The normalized spacial score (nSPS) is 12.3. The Balaban J connectivity index is 1.75. The number of benzene rings is 2. The highest BCUT2D eigenvalue weighted by Gasteiger charge is 2.05. The van der Waals surface area contributed by atoms with E-state index in [1.807, 2.05) is 0 Å². The fraction of sp³-hybridized carbons (Fsp3) is 0.429. The van der Waals surface area contributed by atoms with Crippen LogP contribution in [0.5, 0.6) is 5.75 Å². The number of hydrogen-bond donors (Lipinski definition) is 1. The third-order valence-corrected chi connectivity index (χ3v) is 4.05. The predicted octanol–water partition coefficient (Wildman–Crippen LogP) is 5.00. The van der Waals surface area contributed by atoms with Gasteiger partial charge in [0.05, 0.1) is 6.61 Å². The number of rotatable bonds is 9. The molecule has 124 valence electrons. The maximum Gasteiger partial charge on any atom is 0.119 e. The van der Waals surface area contributed by atoms with Gasteiger partial charge in [0.25, 0.3) is 0 Å². The van der Waals surface area contributed by atoms with Gasteiger partial charge in [-0.3, -0.25) is 0 Å². The average molecular weight is 311 g/mol. The van der Waals surface area contributed by atoms with Crippen molar-refractivity contribution in [1.29, 1.82) is 0 Å². The Kier molecular flexibility index (Phi) is 7.15. The first kappa shape index (κ1) is 17.6. The van der Waals surface area contributed by atoms with Crippen LogP contribution < -0.4 is 10.1 Å². The second-order valence-corrected chi connectivity index (χ2v) is 6.51. The molecule has 0 saturated heterocycles. The van der Waals surface area contributed by atoms with Crippen molar-refractivity contribution < 1.29 is 4.74 Å². The zero-order valence-electron chi connectivity index (χ0n) is 14.6. The third kappa shape index (κ3) is 6.45. The monoisotopic (exact) mass is 311 g/mol. The van der Waals surface area contributed by atoms with E-state index in [0.29, 0.717) is 12.0 Å². The van der Waals surface area contributed by atoms with E-state index < -0.39 is 0 Å². The molecule has 0 saturated carbocycles. The molecule has 0 aliphatic rings. The topological polar surface area (TPSA) is 21.3 Å². The zero-order chi connectivity index (χ0) is 16.5. The molecule has 0 heterocycles. The minimum atomic E-state index is 0.350. The lowest BCUT2D eigenvalue weighted by Crippen LogP contribution is -2.21. The molecule has 0 aromatic heterocycles. The first-order valence-corrected chi connectivity index (χ1v) is 8.65. The molecule has 0 spiro atoms. The van der Waals surface area contributed by atoms with Gasteiger partial charge in [-0.2, -0.15) is 0 Å². The molecule has 0 aliphatic heterocycles. The molecular formula is C21H29NO. The van der Waals surface area contributed by atoms with Gasteiger partial charge in [-0.1, -0.05) is 56.3 Å². The molecule has 2 rings (SSSR count). The van der Waals surface area contributed by atoms with Crippen LogP contribution in [0.4, 0.5) is 0 Å². The van der Waals surface area contributed by atoms with Crippen molar-refractivity contribution in [2.24, 2.45) is 5.92 Å². The van der Waals surface area contributed by atoms with Crippen LogP contribution in [0.1, 0.15) is 44.4 Å². The summed E-state index contributed by atoms with van der Waals surface area (Å²) in [7, 11) is 0. The van der Waals surface area contributed by atoms with Crippen LogP contribution in [0.3, 0.4) is 0 Å². The lowest BCUT2D eigenvalue weighted by Gasteiger charge is -2.15. The summed E-state index contributed by atoms with van der Waals surface area (Å²) in [6, 6.07) is 19.4. The lowest BCUT2D eigenvalue weighted by molar-refractivity contribution is 0.289. The highest BCUT2D eigenvalue weighted by atomic mass is 16.5. The summed E-state index contributed by atoms with van der Waals surface area (Å²) in [5.74, 6) is 1.65. The second kappa shape index (κ2) is 9.36. The van der Waals surface area contributed by atoms with Gasteiger partial charge in [-0.05, 0) is 55.5 Å². The maximum atomic E-state index is 5.77. The van der Waals surface area contributed by atoms with Gasteiger partial charge in [-0.15, -0.1) is 0 Å².